The van der Waals surface area contributed by atoms with E-state index in [1.165, 1.54) is 0 Å². The van der Waals surface area contributed by atoms with Gasteiger partial charge < -0.3 is 0 Å². The highest BCUT2D eigenvalue weighted by Gasteiger charge is 2.50. The second-order valence-electron chi connectivity index (χ2n) is 5.29. The maximum Gasteiger partial charge on any atom is 0.141 e. The number of piperidine rings is 1. The molecule has 1 heterocycles. The minimum atomic E-state index is -0.334. The first-order chi connectivity index (χ1) is 6.84. The SMILES string of the molecule is CCCON1CCC(=O)C(C)(C)C1(C)C. The number of hydrogen-bond acceptors (Lipinski definition) is 3. The molecule has 0 aromatic rings. The van der Waals surface area contributed by atoms with Crippen LogP contribution in [-0.2, 0) is 9.63 Å². The third-order valence-electron chi connectivity index (χ3n) is 3.84. The van der Waals surface area contributed by atoms with E-state index in [1.54, 1.807) is 0 Å². The molecule has 0 aromatic heterocycles. The number of rotatable bonds is 3. The molecule has 1 aliphatic rings. The summed E-state index contributed by atoms with van der Waals surface area (Å²) >= 11 is 0. The average molecular weight is 213 g/mol. The highest BCUT2D eigenvalue weighted by atomic mass is 16.7. The largest absolute Gasteiger partial charge is 0.299 e. The van der Waals surface area contributed by atoms with Crippen LogP contribution >= 0.6 is 0 Å². The number of ketones is 1. The molecule has 0 aromatic carbocycles. The molecule has 1 saturated heterocycles. The van der Waals surface area contributed by atoms with E-state index < -0.39 is 0 Å². The molecule has 0 radical (unpaired) electrons. The summed E-state index contributed by atoms with van der Waals surface area (Å²) in [7, 11) is 0. The number of hydrogen-bond donors (Lipinski definition) is 0. The van der Waals surface area contributed by atoms with E-state index in [2.05, 4.69) is 20.8 Å². The van der Waals surface area contributed by atoms with Gasteiger partial charge in [-0.25, -0.2) is 0 Å². The fourth-order valence-electron chi connectivity index (χ4n) is 1.88. The molecule has 0 spiro atoms. The van der Waals surface area contributed by atoms with Crippen LogP contribution in [0.3, 0.4) is 0 Å². The fourth-order valence-corrected chi connectivity index (χ4v) is 1.88. The lowest BCUT2D eigenvalue weighted by Crippen LogP contribution is -2.61. The summed E-state index contributed by atoms with van der Waals surface area (Å²) in [6.07, 6.45) is 1.60. The summed E-state index contributed by atoms with van der Waals surface area (Å²) in [5.74, 6) is 0.337. The first-order valence-electron chi connectivity index (χ1n) is 5.78. The first-order valence-corrected chi connectivity index (χ1v) is 5.78. The number of hydroxylamine groups is 2. The Kier molecular flexibility index (Phi) is 3.56. The fraction of sp³-hybridized carbons (Fsp3) is 0.917. The summed E-state index contributed by atoms with van der Waals surface area (Å²) in [5, 5.41) is 1.98. The maximum atomic E-state index is 11.9. The van der Waals surface area contributed by atoms with Gasteiger partial charge in [-0.05, 0) is 20.3 Å². The van der Waals surface area contributed by atoms with Crippen LogP contribution in [0, 0.1) is 5.41 Å². The van der Waals surface area contributed by atoms with E-state index in [4.69, 9.17) is 4.84 Å². The van der Waals surface area contributed by atoms with Crippen LogP contribution in [0.1, 0.15) is 47.5 Å². The van der Waals surface area contributed by atoms with Crippen LogP contribution in [0.2, 0.25) is 0 Å². The van der Waals surface area contributed by atoms with E-state index in [9.17, 15) is 4.79 Å². The Bertz CT molecular complexity index is 246. The van der Waals surface area contributed by atoms with Crippen molar-refractivity contribution in [2.24, 2.45) is 5.41 Å². The second kappa shape index (κ2) is 4.22. The molecule has 1 fully saturated rings. The van der Waals surface area contributed by atoms with Crippen molar-refractivity contribution >= 4 is 5.78 Å². The third-order valence-corrected chi connectivity index (χ3v) is 3.84. The molecule has 1 aliphatic heterocycles. The Morgan fingerprint density at radius 1 is 1.33 bits per heavy atom. The molecule has 0 bridgehead atoms. The molecular weight excluding hydrogens is 190 g/mol. The van der Waals surface area contributed by atoms with Gasteiger partial charge in [-0.1, -0.05) is 20.8 Å². The lowest BCUT2D eigenvalue weighted by atomic mass is 9.68. The molecule has 3 heteroatoms. The lowest BCUT2D eigenvalue weighted by molar-refractivity contribution is -0.250. The normalized spacial score (nSPS) is 25.5. The summed E-state index contributed by atoms with van der Waals surface area (Å²) in [6.45, 7) is 11.7. The second-order valence-corrected chi connectivity index (χ2v) is 5.29. The van der Waals surface area contributed by atoms with E-state index in [0.717, 1.165) is 19.6 Å². The maximum absolute atomic E-state index is 11.9. The van der Waals surface area contributed by atoms with Crippen LogP contribution in [0.5, 0.6) is 0 Å². The number of Topliss-reactive ketones (excluding diaryl/α,β-unsaturated/α-hetero) is 1. The molecule has 0 saturated carbocycles. The monoisotopic (exact) mass is 213 g/mol. The van der Waals surface area contributed by atoms with E-state index in [1.807, 2.05) is 18.9 Å². The van der Waals surface area contributed by atoms with Crippen LogP contribution in [0.4, 0.5) is 0 Å². The van der Waals surface area contributed by atoms with E-state index in [-0.39, 0.29) is 11.0 Å². The molecule has 0 aliphatic carbocycles. The Balaban J connectivity index is 2.80. The number of carbonyl (C=O) groups excluding carboxylic acids is 1. The third kappa shape index (κ3) is 2.08. The zero-order valence-electron chi connectivity index (χ0n) is 10.6. The van der Waals surface area contributed by atoms with Crippen molar-refractivity contribution in [2.45, 2.75) is 53.0 Å². The van der Waals surface area contributed by atoms with Crippen molar-refractivity contribution in [2.75, 3.05) is 13.2 Å². The summed E-state index contributed by atoms with van der Waals surface area (Å²) in [4.78, 5) is 17.6. The molecule has 0 N–H and O–H groups in total. The van der Waals surface area contributed by atoms with Gasteiger partial charge in [0.1, 0.15) is 5.78 Å². The standard InChI is InChI=1S/C12H23NO2/c1-6-9-15-13-8-7-10(14)11(2,3)12(13,4)5/h6-9H2,1-5H3. The molecule has 0 unspecified atom stereocenters. The van der Waals surface area contributed by atoms with Gasteiger partial charge in [0.25, 0.3) is 0 Å². The van der Waals surface area contributed by atoms with Crippen molar-refractivity contribution < 1.29 is 9.63 Å². The highest BCUT2D eigenvalue weighted by Crippen LogP contribution is 2.41. The van der Waals surface area contributed by atoms with Crippen LogP contribution in [0.25, 0.3) is 0 Å². The van der Waals surface area contributed by atoms with Crippen molar-refractivity contribution in [1.82, 2.24) is 5.06 Å². The summed E-state index contributed by atoms with van der Waals surface area (Å²) in [6, 6.07) is 0. The predicted octanol–water partition coefficient (Wildman–Crippen LogP) is 2.41. The number of carbonyl (C=O) groups is 1. The Labute approximate surface area is 92.7 Å². The molecule has 0 amide bonds. The minimum Gasteiger partial charge on any atom is -0.299 e. The smallest absolute Gasteiger partial charge is 0.141 e. The van der Waals surface area contributed by atoms with Gasteiger partial charge in [0.15, 0.2) is 0 Å². The highest BCUT2D eigenvalue weighted by molar-refractivity contribution is 5.86. The van der Waals surface area contributed by atoms with Crippen molar-refractivity contribution in [1.29, 1.82) is 0 Å². The van der Waals surface area contributed by atoms with Gasteiger partial charge in [0.05, 0.1) is 12.1 Å². The van der Waals surface area contributed by atoms with Crippen molar-refractivity contribution in [3.05, 3.63) is 0 Å². The van der Waals surface area contributed by atoms with Gasteiger partial charge in [0, 0.05) is 18.4 Å². The average Bonchev–Trinajstić information content (AvgIpc) is 2.14. The zero-order valence-corrected chi connectivity index (χ0v) is 10.6. The molecule has 1 rings (SSSR count). The van der Waals surface area contributed by atoms with Gasteiger partial charge in [-0.15, -0.1) is 0 Å². The summed E-state index contributed by atoms with van der Waals surface area (Å²) < 4.78 is 0. The first kappa shape index (κ1) is 12.7. The number of nitrogens with zero attached hydrogens (tertiary/aromatic N) is 1. The van der Waals surface area contributed by atoms with Crippen LogP contribution in [-0.4, -0.2) is 29.5 Å². The molecule has 0 atom stereocenters. The Morgan fingerprint density at radius 2 is 1.93 bits per heavy atom. The van der Waals surface area contributed by atoms with Gasteiger partial charge >= 0.3 is 0 Å². The van der Waals surface area contributed by atoms with Crippen LogP contribution < -0.4 is 0 Å². The lowest BCUT2D eigenvalue weighted by Gasteiger charge is -2.50. The Morgan fingerprint density at radius 3 is 2.47 bits per heavy atom. The van der Waals surface area contributed by atoms with E-state index >= 15 is 0 Å². The summed E-state index contributed by atoms with van der Waals surface area (Å²) in [5.41, 5.74) is -0.559. The van der Waals surface area contributed by atoms with E-state index in [0.29, 0.717) is 12.2 Å². The molecular formula is C12H23NO2. The van der Waals surface area contributed by atoms with Crippen molar-refractivity contribution in [3.63, 3.8) is 0 Å². The van der Waals surface area contributed by atoms with Gasteiger partial charge in [-0.3, -0.25) is 9.63 Å². The Hall–Kier alpha value is -0.410. The minimum absolute atomic E-state index is 0.225. The van der Waals surface area contributed by atoms with Crippen molar-refractivity contribution in [3.8, 4) is 0 Å². The predicted molar refractivity (Wildman–Crippen MR) is 60.4 cm³/mol. The quantitative estimate of drug-likeness (QED) is 0.721. The van der Waals surface area contributed by atoms with Gasteiger partial charge in [-0.2, -0.15) is 5.06 Å². The van der Waals surface area contributed by atoms with Crippen LogP contribution in [0.15, 0.2) is 0 Å². The zero-order chi connectivity index (χ0) is 11.7. The molecule has 3 nitrogen and oxygen atoms in total. The topological polar surface area (TPSA) is 29.5 Å². The van der Waals surface area contributed by atoms with Gasteiger partial charge in [0.2, 0.25) is 0 Å². The molecule has 15 heavy (non-hydrogen) atoms. The molecule has 88 valence electrons.